The number of fused-ring (bicyclic) bond motifs is 1. The molecule has 0 bridgehead atoms. The Hall–Kier alpha value is -4.51. The van der Waals surface area contributed by atoms with Crippen LogP contribution >= 0.6 is 0 Å². The van der Waals surface area contributed by atoms with Crippen LogP contribution in [-0.4, -0.2) is 92.8 Å². The highest BCUT2D eigenvalue weighted by Crippen LogP contribution is 2.31. The number of hydrogen-bond donors (Lipinski definition) is 2. The van der Waals surface area contributed by atoms with Gasteiger partial charge in [0.05, 0.1) is 12.7 Å². The van der Waals surface area contributed by atoms with E-state index in [1.54, 1.807) is 24.7 Å². The largest absolute Gasteiger partial charge is 0.372 e. The molecule has 2 amide bonds. The number of pyridine rings is 1. The minimum absolute atomic E-state index is 0.0157. The van der Waals surface area contributed by atoms with Crippen molar-refractivity contribution in [1.29, 1.82) is 0 Å². The molecule has 1 aromatic carbocycles. The van der Waals surface area contributed by atoms with Gasteiger partial charge in [0.1, 0.15) is 23.4 Å². The minimum Gasteiger partial charge on any atom is -0.372 e. The van der Waals surface area contributed by atoms with E-state index in [4.69, 9.17) is 4.98 Å². The summed E-state index contributed by atoms with van der Waals surface area (Å²) in [5.74, 6) is 1.21. The molecule has 2 aliphatic rings. The number of carbonyl (C=O) groups excluding carboxylic acids is 2. The van der Waals surface area contributed by atoms with E-state index in [2.05, 4.69) is 54.7 Å². The second-order valence-corrected chi connectivity index (χ2v) is 10.6. The molecular weight excluding hydrogens is 518 g/mol. The molecule has 1 atom stereocenters. The van der Waals surface area contributed by atoms with Crippen LogP contribution in [0.25, 0.3) is 16.9 Å². The second kappa shape index (κ2) is 11.9. The molecule has 0 saturated carbocycles. The molecular formula is C30H35N9O2. The Balaban J connectivity index is 1.10. The van der Waals surface area contributed by atoms with E-state index in [9.17, 15) is 9.59 Å². The van der Waals surface area contributed by atoms with Crippen LogP contribution in [0.5, 0.6) is 0 Å². The molecule has 41 heavy (non-hydrogen) atoms. The van der Waals surface area contributed by atoms with Gasteiger partial charge in [0, 0.05) is 69.1 Å². The van der Waals surface area contributed by atoms with Crippen molar-refractivity contribution >= 4 is 34.8 Å². The van der Waals surface area contributed by atoms with Gasteiger partial charge in [-0.05, 0) is 44.0 Å². The molecule has 5 heterocycles. The number of rotatable bonds is 8. The van der Waals surface area contributed by atoms with Crippen molar-refractivity contribution in [3.05, 3.63) is 67.3 Å². The lowest BCUT2D eigenvalue weighted by atomic mass is 10.1. The van der Waals surface area contributed by atoms with Crippen LogP contribution < -0.4 is 15.5 Å². The van der Waals surface area contributed by atoms with Gasteiger partial charge < -0.3 is 20.4 Å². The maximum Gasteiger partial charge on any atom is 0.244 e. The zero-order valence-corrected chi connectivity index (χ0v) is 23.2. The first-order valence-electron chi connectivity index (χ1n) is 14.2. The third-order valence-corrected chi connectivity index (χ3v) is 7.75. The van der Waals surface area contributed by atoms with Gasteiger partial charge in [-0.3, -0.25) is 23.9 Å². The minimum atomic E-state index is -0.468. The molecule has 11 heteroatoms. The number of hydrogen-bond acceptors (Lipinski definition) is 8. The topological polar surface area (TPSA) is 111 Å². The van der Waals surface area contributed by atoms with Crippen LogP contribution in [0.1, 0.15) is 19.8 Å². The molecule has 0 spiro atoms. The van der Waals surface area contributed by atoms with E-state index < -0.39 is 6.04 Å². The standard InChI is InChI=1S/C30H35N9O2/c1-22(30(41)38-18-16-36(17-19-38)21-27(40)34-25-6-2-3-11-32-25)33-29-28(35-26-20-31-12-15-39(26)29)23-7-9-24(10-8-23)37-13-4-5-14-37/h2-3,6-12,15,20,22,33H,4-5,13-14,16-19,21H2,1H3,(H,32,34,40). The molecule has 2 N–H and O–H groups in total. The van der Waals surface area contributed by atoms with Gasteiger partial charge >= 0.3 is 0 Å². The molecule has 1 unspecified atom stereocenters. The Morgan fingerprint density at radius 1 is 0.951 bits per heavy atom. The fraction of sp³-hybridized carbons (Fsp3) is 0.367. The molecule has 0 radical (unpaired) electrons. The molecule has 2 fully saturated rings. The van der Waals surface area contributed by atoms with Crippen molar-refractivity contribution < 1.29 is 9.59 Å². The monoisotopic (exact) mass is 553 g/mol. The number of anilines is 3. The average Bonchev–Trinajstić information content (AvgIpc) is 3.67. The maximum atomic E-state index is 13.5. The van der Waals surface area contributed by atoms with Crippen LogP contribution in [0, 0.1) is 0 Å². The Morgan fingerprint density at radius 3 is 2.46 bits per heavy atom. The lowest BCUT2D eigenvalue weighted by molar-refractivity contribution is -0.133. The molecule has 212 valence electrons. The Morgan fingerprint density at radius 2 is 1.73 bits per heavy atom. The second-order valence-electron chi connectivity index (χ2n) is 10.6. The summed E-state index contributed by atoms with van der Waals surface area (Å²) in [5, 5.41) is 6.28. The number of piperazine rings is 1. The van der Waals surface area contributed by atoms with Crippen molar-refractivity contribution in [3.8, 4) is 11.3 Å². The number of aromatic nitrogens is 4. The predicted octanol–water partition coefficient (Wildman–Crippen LogP) is 2.97. The molecule has 4 aromatic rings. The van der Waals surface area contributed by atoms with Crippen molar-refractivity contribution in [2.45, 2.75) is 25.8 Å². The predicted molar refractivity (Wildman–Crippen MR) is 159 cm³/mol. The Bertz CT molecular complexity index is 1490. The fourth-order valence-electron chi connectivity index (χ4n) is 5.54. The first-order valence-corrected chi connectivity index (χ1v) is 14.2. The van der Waals surface area contributed by atoms with Crippen LogP contribution in [-0.2, 0) is 9.59 Å². The zero-order valence-electron chi connectivity index (χ0n) is 23.2. The van der Waals surface area contributed by atoms with E-state index in [0.29, 0.717) is 37.6 Å². The van der Waals surface area contributed by atoms with Crippen LogP contribution in [0.15, 0.2) is 67.3 Å². The van der Waals surface area contributed by atoms with E-state index in [0.717, 1.165) is 30.2 Å². The molecule has 0 aliphatic carbocycles. The fourth-order valence-corrected chi connectivity index (χ4v) is 5.54. The van der Waals surface area contributed by atoms with E-state index >= 15 is 0 Å². The molecule has 3 aromatic heterocycles. The number of nitrogens with zero attached hydrogens (tertiary/aromatic N) is 7. The van der Waals surface area contributed by atoms with Gasteiger partial charge in [-0.25, -0.2) is 9.97 Å². The number of nitrogens with one attached hydrogen (secondary N) is 2. The van der Waals surface area contributed by atoms with Gasteiger partial charge in [-0.1, -0.05) is 18.2 Å². The van der Waals surface area contributed by atoms with Crippen molar-refractivity contribution in [3.63, 3.8) is 0 Å². The number of benzene rings is 1. The van der Waals surface area contributed by atoms with Gasteiger partial charge in [-0.2, -0.15) is 0 Å². The third-order valence-electron chi connectivity index (χ3n) is 7.75. The third kappa shape index (κ3) is 5.99. The van der Waals surface area contributed by atoms with Crippen molar-refractivity contribution in [2.24, 2.45) is 0 Å². The van der Waals surface area contributed by atoms with E-state index in [-0.39, 0.29) is 18.4 Å². The van der Waals surface area contributed by atoms with Gasteiger partial charge in [-0.15, -0.1) is 0 Å². The summed E-state index contributed by atoms with van der Waals surface area (Å²) in [6, 6.07) is 13.4. The van der Waals surface area contributed by atoms with E-state index in [1.807, 2.05) is 34.6 Å². The molecule has 11 nitrogen and oxygen atoms in total. The van der Waals surface area contributed by atoms with Gasteiger partial charge in [0.15, 0.2) is 5.65 Å². The van der Waals surface area contributed by atoms with E-state index in [1.165, 1.54) is 18.5 Å². The summed E-state index contributed by atoms with van der Waals surface area (Å²) in [7, 11) is 0. The quantitative estimate of drug-likeness (QED) is 0.343. The van der Waals surface area contributed by atoms with Crippen LogP contribution in [0.2, 0.25) is 0 Å². The first-order chi connectivity index (χ1) is 20.0. The average molecular weight is 554 g/mol. The first kappa shape index (κ1) is 26.7. The number of amides is 2. The molecule has 6 rings (SSSR count). The molecule has 2 aliphatic heterocycles. The number of carbonyl (C=O) groups is 2. The van der Waals surface area contributed by atoms with Crippen molar-refractivity contribution in [2.75, 3.05) is 61.3 Å². The van der Waals surface area contributed by atoms with Crippen LogP contribution in [0.4, 0.5) is 17.3 Å². The van der Waals surface area contributed by atoms with Gasteiger partial charge in [0.2, 0.25) is 11.8 Å². The van der Waals surface area contributed by atoms with Crippen molar-refractivity contribution in [1.82, 2.24) is 29.2 Å². The smallest absolute Gasteiger partial charge is 0.244 e. The van der Waals surface area contributed by atoms with Gasteiger partial charge in [0.25, 0.3) is 0 Å². The Kier molecular flexibility index (Phi) is 7.77. The maximum absolute atomic E-state index is 13.5. The highest BCUT2D eigenvalue weighted by atomic mass is 16.2. The summed E-state index contributed by atoms with van der Waals surface area (Å²) in [4.78, 5) is 45.5. The summed E-state index contributed by atoms with van der Waals surface area (Å²) in [6.07, 6.45) is 9.42. The summed E-state index contributed by atoms with van der Waals surface area (Å²) >= 11 is 0. The summed E-state index contributed by atoms with van der Waals surface area (Å²) < 4.78 is 1.94. The number of imidazole rings is 1. The summed E-state index contributed by atoms with van der Waals surface area (Å²) in [5.41, 5.74) is 3.71. The SMILES string of the molecule is CC(Nc1c(-c2ccc(N3CCCC3)cc2)nc2cnccn12)C(=O)N1CCN(CC(=O)Nc2ccccn2)CC1. The molecule has 2 saturated heterocycles. The highest BCUT2D eigenvalue weighted by molar-refractivity contribution is 5.91. The van der Waals surface area contributed by atoms with Crippen LogP contribution in [0.3, 0.4) is 0 Å². The highest BCUT2D eigenvalue weighted by Gasteiger charge is 2.27. The lowest BCUT2D eigenvalue weighted by Gasteiger charge is -2.35. The lowest BCUT2D eigenvalue weighted by Crippen LogP contribution is -2.53. The normalized spacial score (nSPS) is 16.6. The zero-order chi connectivity index (χ0) is 28.2. The Labute approximate surface area is 239 Å². The summed E-state index contributed by atoms with van der Waals surface area (Å²) in [6.45, 7) is 6.72.